The van der Waals surface area contributed by atoms with E-state index in [0.717, 1.165) is 16.3 Å². The SMILES string of the molecule is CC1(C)C(CBr)C1c1ccc(Cl)cc1. The van der Waals surface area contributed by atoms with Crippen molar-refractivity contribution in [1.82, 2.24) is 0 Å². The topological polar surface area (TPSA) is 0 Å². The fourth-order valence-electron chi connectivity index (χ4n) is 2.36. The van der Waals surface area contributed by atoms with Crippen LogP contribution in [0.1, 0.15) is 25.3 Å². The van der Waals surface area contributed by atoms with Gasteiger partial charge in [-0.1, -0.05) is 53.5 Å². The Morgan fingerprint density at radius 1 is 1.29 bits per heavy atom. The molecule has 0 N–H and O–H groups in total. The van der Waals surface area contributed by atoms with Gasteiger partial charge in [-0.25, -0.2) is 0 Å². The van der Waals surface area contributed by atoms with Crippen molar-refractivity contribution in [2.45, 2.75) is 19.8 Å². The zero-order valence-electron chi connectivity index (χ0n) is 8.43. The molecule has 0 aromatic heterocycles. The van der Waals surface area contributed by atoms with Gasteiger partial charge < -0.3 is 0 Å². The van der Waals surface area contributed by atoms with Gasteiger partial charge >= 0.3 is 0 Å². The lowest BCUT2D eigenvalue weighted by Crippen LogP contribution is -1.90. The zero-order valence-corrected chi connectivity index (χ0v) is 10.8. The predicted molar refractivity (Wildman–Crippen MR) is 65.3 cm³/mol. The molecule has 1 aliphatic rings. The highest BCUT2D eigenvalue weighted by Crippen LogP contribution is 2.64. The molecule has 0 aliphatic heterocycles. The molecule has 1 aromatic carbocycles. The second-order valence-electron chi connectivity index (χ2n) is 4.61. The summed E-state index contributed by atoms with van der Waals surface area (Å²) >= 11 is 9.45. The lowest BCUT2D eigenvalue weighted by Gasteiger charge is -2.02. The molecular formula is C12H14BrCl. The van der Waals surface area contributed by atoms with Crippen molar-refractivity contribution in [2.24, 2.45) is 11.3 Å². The Hall–Kier alpha value is -0.0100. The summed E-state index contributed by atoms with van der Waals surface area (Å²) < 4.78 is 0. The summed E-state index contributed by atoms with van der Waals surface area (Å²) in [7, 11) is 0. The van der Waals surface area contributed by atoms with Crippen LogP contribution in [0.2, 0.25) is 5.02 Å². The average Bonchev–Trinajstić information content (AvgIpc) is 2.69. The van der Waals surface area contributed by atoms with Crippen LogP contribution in [-0.2, 0) is 0 Å². The molecule has 1 fully saturated rings. The minimum atomic E-state index is 0.442. The van der Waals surface area contributed by atoms with Crippen LogP contribution < -0.4 is 0 Å². The number of benzene rings is 1. The standard InChI is InChI=1S/C12H14BrCl/c1-12(2)10(7-13)11(12)8-3-5-9(14)6-4-8/h3-6,10-11H,7H2,1-2H3. The number of rotatable bonds is 2. The Balaban J connectivity index is 2.22. The first-order chi connectivity index (χ1) is 6.57. The summed E-state index contributed by atoms with van der Waals surface area (Å²) in [6.07, 6.45) is 0. The molecule has 0 saturated heterocycles. The van der Waals surface area contributed by atoms with Gasteiger partial charge in [0.2, 0.25) is 0 Å². The van der Waals surface area contributed by atoms with Gasteiger partial charge in [0.1, 0.15) is 0 Å². The smallest absolute Gasteiger partial charge is 0.0406 e. The lowest BCUT2D eigenvalue weighted by molar-refractivity contribution is 0.579. The molecule has 0 heterocycles. The number of hydrogen-bond donors (Lipinski definition) is 0. The van der Waals surface area contributed by atoms with Crippen molar-refractivity contribution in [3.8, 4) is 0 Å². The van der Waals surface area contributed by atoms with E-state index in [0.29, 0.717) is 11.3 Å². The number of alkyl halides is 1. The molecule has 76 valence electrons. The normalized spacial score (nSPS) is 28.9. The van der Waals surface area contributed by atoms with E-state index in [9.17, 15) is 0 Å². The Bertz CT molecular complexity index is 329. The molecule has 1 aromatic rings. The van der Waals surface area contributed by atoms with Crippen LogP contribution >= 0.6 is 27.5 Å². The van der Waals surface area contributed by atoms with Gasteiger partial charge in [0, 0.05) is 10.4 Å². The maximum absolute atomic E-state index is 5.87. The molecule has 1 aliphatic carbocycles. The molecule has 2 unspecified atom stereocenters. The molecule has 2 heteroatoms. The largest absolute Gasteiger partial charge is 0.0925 e. The first-order valence-electron chi connectivity index (χ1n) is 4.89. The average molecular weight is 274 g/mol. The van der Waals surface area contributed by atoms with Crippen molar-refractivity contribution in [1.29, 1.82) is 0 Å². The van der Waals surface area contributed by atoms with E-state index in [1.165, 1.54) is 5.56 Å². The van der Waals surface area contributed by atoms with Crippen LogP contribution in [0.15, 0.2) is 24.3 Å². The third-order valence-electron chi connectivity index (χ3n) is 3.45. The molecule has 0 radical (unpaired) electrons. The molecule has 1 saturated carbocycles. The highest BCUT2D eigenvalue weighted by atomic mass is 79.9. The molecule has 14 heavy (non-hydrogen) atoms. The molecule has 2 rings (SSSR count). The predicted octanol–water partition coefficient (Wildman–Crippen LogP) is 4.47. The van der Waals surface area contributed by atoms with Gasteiger partial charge in [0.15, 0.2) is 0 Å². The van der Waals surface area contributed by atoms with E-state index >= 15 is 0 Å². The van der Waals surface area contributed by atoms with Crippen molar-refractivity contribution in [2.75, 3.05) is 5.33 Å². The molecule has 0 amide bonds. The summed E-state index contributed by atoms with van der Waals surface area (Å²) in [5.74, 6) is 1.46. The van der Waals surface area contributed by atoms with Crippen molar-refractivity contribution in [3.05, 3.63) is 34.9 Å². The summed E-state index contributed by atoms with van der Waals surface area (Å²) in [6, 6.07) is 8.27. The van der Waals surface area contributed by atoms with Crippen LogP contribution in [0, 0.1) is 11.3 Å². The molecular weight excluding hydrogens is 259 g/mol. The van der Waals surface area contributed by atoms with Crippen LogP contribution in [0.25, 0.3) is 0 Å². The quantitative estimate of drug-likeness (QED) is 0.697. The molecule has 0 spiro atoms. The van der Waals surface area contributed by atoms with Gasteiger partial charge in [-0.05, 0) is 34.9 Å². The second-order valence-corrected chi connectivity index (χ2v) is 5.70. The number of hydrogen-bond acceptors (Lipinski definition) is 0. The summed E-state index contributed by atoms with van der Waals surface area (Å²) in [5, 5.41) is 1.91. The van der Waals surface area contributed by atoms with Gasteiger partial charge in [-0.15, -0.1) is 0 Å². The highest BCUT2D eigenvalue weighted by Gasteiger charge is 2.57. The maximum atomic E-state index is 5.87. The van der Waals surface area contributed by atoms with Crippen LogP contribution in [0.5, 0.6) is 0 Å². The van der Waals surface area contributed by atoms with Gasteiger partial charge in [-0.2, -0.15) is 0 Å². The zero-order chi connectivity index (χ0) is 10.3. The summed E-state index contributed by atoms with van der Waals surface area (Å²) in [6.45, 7) is 4.66. The van der Waals surface area contributed by atoms with Gasteiger partial charge in [0.05, 0.1) is 0 Å². The number of halogens is 2. The van der Waals surface area contributed by atoms with Crippen LogP contribution in [-0.4, -0.2) is 5.33 Å². The van der Waals surface area contributed by atoms with E-state index in [1.54, 1.807) is 0 Å². The van der Waals surface area contributed by atoms with Crippen LogP contribution in [0.3, 0.4) is 0 Å². The minimum absolute atomic E-state index is 0.442. The van der Waals surface area contributed by atoms with E-state index in [-0.39, 0.29) is 0 Å². The fraction of sp³-hybridized carbons (Fsp3) is 0.500. The fourth-order valence-corrected chi connectivity index (χ4v) is 3.70. The molecule has 2 atom stereocenters. The Morgan fingerprint density at radius 3 is 2.29 bits per heavy atom. The van der Waals surface area contributed by atoms with Gasteiger partial charge in [-0.3, -0.25) is 0 Å². The van der Waals surface area contributed by atoms with E-state index in [1.807, 2.05) is 12.1 Å². The Labute approximate surface area is 98.8 Å². The van der Waals surface area contributed by atoms with Gasteiger partial charge in [0.25, 0.3) is 0 Å². The van der Waals surface area contributed by atoms with Crippen molar-refractivity contribution < 1.29 is 0 Å². The Morgan fingerprint density at radius 2 is 1.86 bits per heavy atom. The minimum Gasteiger partial charge on any atom is -0.0925 e. The second kappa shape index (κ2) is 3.53. The maximum Gasteiger partial charge on any atom is 0.0406 e. The molecule has 0 bridgehead atoms. The highest BCUT2D eigenvalue weighted by molar-refractivity contribution is 9.09. The first-order valence-corrected chi connectivity index (χ1v) is 6.38. The Kier molecular flexibility index (Phi) is 2.65. The third kappa shape index (κ3) is 1.61. The molecule has 0 nitrogen and oxygen atoms in total. The van der Waals surface area contributed by atoms with Crippen molar-refractivity contribution in [3.63, 3.8) is 0 Å². The van der Waals surface area contributed by atoms with Crippen LogP contribution in [0.4, 0.5) is 0 Å². The lowest BCUT2D eigenvalue weighted by atomic mass is 10.0. The summed E-state index contributed by atoms with van der Waals surface area (Å²) in [4.78, 5) is 0. The van der Waals surface area contributed by atoms with E-state index in [2.05, 4.69) is 41.9 Å². The first kappa shape index (κ1) is 10.5. The third-order valence-corrected chi connectivity index (χ3v) is 4.40. The van der Waals surface area contributed by atoms with E-state index in [4.69, 9.17) is 11.6 Å². The summed E-state index contributed by atoms with van der Waals surface area (Å²) in [5.41, 5.74) is 1.86. The van der Waals surface area contributed by atoms with Crippen molar-refractivity contribution >= 4 is 27.5 Å². The van der Waals surface area contributed by atoms with E-state index < -0.39 is 0 Å². The monoisotopic (exact) mass is 272 g/mol.